The minimum absolute atomic E-state index is 0.104. The van der Waals surface area contributed by atoms with E-state index >= 15 is 0 Å². The van der Waals surface area contributed by atoms with Crippen molar-refractivity contribution in [2.75, 3.05) is 18.5 Å². The summed E-state index contributed by atoms with van der Waals surface area (Å²) in [5.74, 6) is 0.161. The van der Waals surface area contributed by atoms with Gasteiger partial charge in [0.15, 0.2) is 0 Å². The van der Waals surface area contributed by atoms with Crippen LogP contribution < -0.4 is 15.4 Å². The molecule has 3 rings (SSSR count). The van der Waals surface area contributed by atoms with E-state index in [2.05, 4.69) is 15.6 Å². The number of nitrogens with one attached hydrogen (secondary N) is 2. The van der Waals surface area contributed by atoms with Crippen molar-refractivity contribution in [3.63, 3.8) is 0 Å². The molecular formula is C20H19N3O3. The molecule has 1 heterocycles. The van der Waals surface area contributed by atoms with Gasteiger partial charge in [-0.25, -0.2) is 0 Å². The number of carbonyl (C=O) groups is 2. The lowest BCUT2D eigenvalue weighted by atomic mass is 10.2. The number of ether oxygens (including phenoxy) is 1. The van der Waals surface area contributed by atoms with E-state index in [0.717, 1.165) is 5.39 Å². The molecule has 6 heteroatoms. The number of aromatic nitrogens is 1. The maximum Gasteiger partial charge on any atom is 0.243 e. The number of pyridine rings is 1. The molecule has 0 radical (unpaired) electrons. The van der Waals surface area contributed by atoms with Crippen LogP contribution in [0.2, 0.25) is 0 Å². The SMILES string of the molecule is O=C(CCOc1ccccc1)NCC(=O)Nc1cccc2cccnc12. The van der Waals surface area contributed by atoms with Gasteiger partial charge in [-0.1, -0.05) is 36.4 Å². The summed E-state index contributed by atoms with van der Waals surface area (Å²) in [4.78, 5) is 28.2. The van der Waals surface area contributed by atoms with Gasteiger partial charge in [0.25, 0.3) is 0 Å². The first kappa shape index (κ1) is 17.4. The molecular weight excluding hydrogens is 330 g/mol. The predicted molar refractivity (Wildman–Crippen MR) is 99.9 cm³/mol. The molecule has 0 fully saturated rings. The lowest BCUT2D eigenvalue weighted by Gasteiger charge is -2.09. The summed E-state index contributed by atoms with van der Waals surface area (Å²) in [6, 6.07) is 18.6. The summed E-state index contributed by atoms with van der Waals surface area (Å²) in [5.41, 5.74) is 1.33. The number of nitrogens with zero attached hydrogens (tertiary/aromatic N) is 1. The molecule has 0 aliphatic rings. The third-order valence-electron chi connectivity index (χ3n) is 3.69. The smallest absolute Gasteiger partial charge is 0.243 e. The van der Waals surface area contributed by atoms with Crippen LogP contribution in [0.15, 0.2) is 66.9 Å². The van der Waals surface area contributed by atoms with Gasteiger partial charge in [0.2, 0.25) is 11.8 Å². The van der Waals surface area contributed by atoms with Gasteiger partial charge in [-0.15, -0.1) is 0 Å². The van der Waals surface area contributed by atoms with E-state index in [9.17, 15) is 9.59 Å². The highest BCUT2D eigenvalue weighted by Crippen LogP contribution is 2.20. The van der Waals surface area contributed by atoms with Crippen LogP contribution in [0.3, 0.4) is 0 Å². The van der Waals surface area contributed by atoms with Gasteiger partial charge in [-0.05, 0) is 24.3 Å². The molecule has 0 saturated carbocycles. The zero-order chi connectivity index (χ0) is 18.2. The van der Waals surface area contributed by atoms with Crippen molar-refractivity contribution in [1.29, 1.82) is 0 Å². The van der Waals surface area contributed by atoms with Crippen LogP contribution in [0.1, 0.15) is 6.42 Å². The predicted octanol–water partition coefficient (Wildman–Crippen LogP) is 2.76. The van der Waals surface area contributed by atoms with E-state index < -0.39 is 0 Å². The number of anilines is 1. The second kappa shape index (κ2) is 8.62. The van der Waals surface area contributed by atoms with Crippen molar-refractivity contribution in [3.05, 3.63) is 66.9 Å². The molecule has 2 amide bonds. The Balaban J connectivity index is 1.44. The monoisotopic (exact) mass is 349 g/mol. The van der Waals surface area contributed by atoms with Gasteiger partial charge >= 0.3 is 0 Å². The first-order valence-electron chi connectivity index (χ1n) is 8.30. The highest BCUT2D eigenvalue weighted by Gasteiger charge is 2.08. The number of fused-ring (bicyclic) bond motifs is 1. The van der Waals surface area contributed by atoms with Gasteiger partial charge in [-0.2, -0.15) is 0 Å². The van der Waals surface area contributed by atoms with Crippen molar-refractivity contribution >= 4 is 28.4 Å². The summed E-state index contributed by atoms with van der Waals surface area (Å²) in [5, 5.41) is 6.30. The van der Waals surface area contributed by atoms with Gasteiger partial charge in [0.05, 0.1) is 30.8 Å². The maximum absolute atomic E-state index is 12.1. The molecule has 2 aromatic carbocycles. The molecule has 26 heavy (non-hydrogen) atoms. The average molecular weight is 349 g/mol. The van der Waals surface area contributed by atoms with Crippen LogP contribution in [-0.4, -0.2) is 29.9 Å². The molecule has 6 nitrogen and oxygen atoms in total. The van der Waals surface area contributed by atoms with Crippen LogP contribution in [0.4, 0.5) is 5.69 Å². The quantitative estimate of drug-likeness (QED) is 0.687. The second-order valence-electron chi connectivity index (χ2n) is 5.62. The van der Waals surface area contributed by atoms with Crippen LogP contribution >= 0.6 is 0 Å². The van der Waals surface area contributed by atoms with E-state index in [0.29, 0.717) is 17.0 Å². The van der Waals surface area contributed by atoms with E-state index in [1.54, 1.807) is 12.3 Å². The fourth-order valence-corrected chi connectivity index (χ4v) is 2.45. The molecule has 0 atom stereocenters. The van der Waals surface area contributed by atoms with E-state index in [1.165, 1.54) is 0 Å². The highest BCUT2D eigenvalue weighted by atomic mass is 16.5. The van der Waals surface area contributed by atoms with Crippen LogP contribution in [0.25, 0.3) is 10.9 Å². The molecule has 0 spiro atoms. The van der Waals surface area contributed by atoms with Crippen molar-refractivity contribution in [1.82, 2.24) is 10.3 Å². The molecule has 0 aliphatic heterocycles. The third kappa shape index (κ3) is 4.80. The molecule has 0 bridgehead atoms. The number of hydrogen-bond donors (Lipinski definition) is 2. The number of benzene rings is 2. The van der Waals surface area contributed by atoms with Gasteiger partial charge < -0.3 is 15.4 Å². The lowest BCUT2D eigenvalue weighted by Crippen LogP contribution is -2.33. The summed E-state index contributed by atoms with van der Waals surface area (Å²) < 4.78 is 5.46. The second-order valence-corrected chi connectivity index (χ2v) is 5.62. The Morgan fingerprint density at radius 3 is 2.58 bits per heavy atom. The third-order valence-corrected chi connectivity index (χ3v) is 3.69. The topological polar surface area (TPSA) is 80.3 Å². The Morgan fingerprint density at radius 2 is 1.73 bits per heavy atom. The minimum atomic E-state index is -0.305. The van der Waals surface area contributed by atoms with Crippen molar-refractivity contribution in [3.8, 4) is 5.75 Å². The lowest BCUT2D eigenvalue weighted by molar-refractivity contribution is -0.124. The maximum atomic E-state index is 12.1. The summed E-state index contributed by atoms with van der Waals surface area (Å²) in [7, 11) is 0. The van der Waals surface area contributed by atoms with Crippen molar-refractivity contribution < 1.29 is 14.3 Å². The normalized spacial score (nSPS) is 10.3. The van der Waals surface area contributed by atoms with E-state index in [1.807, 2.05) is 54.6 Å². The van der Waals surface area contributed by atoms with Crippen LogP contribution in [-0.2, 0) is 9.59 Å². The van der Waals surface area contributed by atoms with Crippen molar-refractivity contribution in [2.45, 2.75) is 6.42 Å². The van der Waals surface area contributed by atoms with Gasteiger partial charge in [-0.3, -0.25) is 14.6 Å². The average Bonchev–Trinajstić information content (AvgIpc) is 2.67. The molecule has 3 aromatic rings. The number of carbonyl (C=O) groups excluding carboxylic acids is 2. The number of para-hydroxylation sites is 2. The van der Waals surface area contributed by atoms with Gasteiger partial charge in [0.1, 0.15) is 5.75 Å². The van der Waals surface area contributed by atoms with Crippen LogP contribution in [0, 0.1) is 0 Å². The van der Waals surface area contributed by atoms with Crippen LogP contribution in [0.5, 0.6) is 5.75 Å². The number of hydrogen-bond acceptors (Lipinski definition) is 4. The largest absolute Gasteiger partial charge is 0.493 e. The van der Waals surface area contributed by atoms with Crippen molar-refractivity contribution in [2.24, 2.45) is 0 Å². The molecule has 132 valence electrons. The Hall–Kier alpha value is -3.41. The van der Waals surface area contributed by atoms with Gasteiger partial charge in [0, 0.05) is 11.6 Å². The number of amides is 2. The summed E-state index contributed by atoms with van der Waals surface area (Å²) >= 11 is 0. The minimum Gasteiger partial charge on any atom is -0.493 e. The fraction of sp³-hybridized carbons (Fsp3) is 0.150. The first-order chi connectivity index (χ1) is 12.7. The zero-order valence-corrected chi connectivity index (χ0v) is 14.1. The Labute approximate surface area is 151 Å². The molecule has 0 saturated heterocycles. The Bertz CT molecular complexity index is 892. The number of rotatable bonds is 7. The van der Waals surface area contributed by atoms with E-state index in [4.69, 9.17) is 4.74 Å². The van der Waals surface area contributed by atoms with E-state index in [-0.39, 0.29) is 31.4 Å². The zero-order valence-electron chi connectivity index (χ0n) is 14.1. The Morgan fingerprint density at radius 1 is 0.923 bits per heavy atom. The molecule has 2 N–H and O–H groups in total. The summed E-state index contributed by atoms with van der Waals surface area (Å²) in [6.07, 6.45) is 1.85. The molecule has 0 unspecified atom stereocenters. The fourth-order valence-electron chi connectivity index (χ4n) is 2.45. The Kier molecular flexibility index (Phi) is 5.77. The summed E-state index contributed by atoms with van der Waals surface area (Å²) in [6.45, 7) is 0.151. The standard InChI is InChI=1S/C20H19N3O3/c24-18(11-13-26-16-8-2-1-3-9-16)22-14-19(25)23-17-10-4-6-15-7-5-12-21-20(15)17/h1-10,12H,11,13-14H2,(H,22,24)(H,23,25). The molecule has 1 aromatic heterocycles. The molecule has 0 aliphatic carbocycles. The highest BCUT2D eigenvalue weighted by molar-refractivity contribution is 6.01. The first-order valence-corrected chi connectivity index (χ1v) is 8.30.